The monoisotopic (exact) mass is 340 g/mol. The van der Waals surface area contributed by atoms with E-state index in [-0.39, 0.29) is 17.5 Å². The number of rotatable bonds is 2. The number of fused-ring (bicyclic) bond motifs is 1. The predicted molar refractivity (Wildman–Crippen MR) is 84.1 cm³/mol. The maximum absolute atomic E-state index is 13.4. The van der Waals surface area contributed by atoms with Gasteiger partial charge in [-0.2, -0.15) is 0 Å². The molecule has 1 saturated heterocycles. The van der Waals surface area contributed by atoms with E-state index < -0.39 is 23.2 Å². The first kappa shape index (κ1) is 16.1. The highest BCUT2D eigenvalue weighted by atomic mass is 35.5. The molecule has 0 unspecified atom stereocenters. The smallest absolute Gasteiger partial charge is 0.321 e. The summed E-state index contributed by atoms with van der Waals surface area (Å²) >= 11 is 5.96. The molecule has 2 fully saturated rings. The first-order valence-corrected chi connectivity index (χ1v) is 7.96. The third-order valence-electron chi connectivity index (χ3n) is 5.07. The molecule has 2 atom stereocenters. The number of hydrogen-bond acceptors (Lipinski definition) is 2. The van der Waals surface area contributed by atoms with Crippen LogP contribution in [0.1, 0.15) is 24.8 Å². The molecule has 1 saturated carbocycles. The summed E-state index contributed by atoms with van der Waals surface area (Å²) in [7, 11) is 0. The summed E-state index contributed by atoms with van der Waals surface area (Å²) in [5.74, 6) is -1.27. The van der Waals surface area contributed by atoms with Crippen LogP contribution < -0.4 is 5.32 Å². The van der Waals surface area contributed by atoms with Gasteiger partial charge in [-0.05, 0) is 43.4 Å². The zero-order valence-corrected chi connectivity index (χ0v) is 13.5. The van der Waals surface area contributed by atoms with Crippen LogP contribution in [0.4, 0.5) is 14.9 Å². The van der Waals surface area contributed by atoms with Crippen LogP contribution in [0.2, 0.25) is 5.02 Å². The Labute approximate surface area is 138 Å². The number of nitrogens with zero attached hydrogens (tertiary/aromatic N) is 1. The van der Waals surface area contributed by atoms with Gasteiger partial charge in [0.05, 0.1) is 16.1 Å². The molecule has 1 heterocycles. The van der Waals surface area contributed by atoms with Gasteiger partial charge in [-0.3, -0.25) is 4.79 Å². The van der Waals surface area contributed by atoms with Crippen molar-refractivity contribution in [3.8, 4) is 0 Å². The maximum Gasteiger partial charge on any atom is 0.321 e. The van der Waals surface area contributed by atoms with Gasteiger partial charge in [0.2, 0.25) is 0 Å². The molecular weight excluding hydrogens is 323 g/mol. The number of carboxylic acids is 1. The summed E-state index contributed by atoms with van der Waals surface area (Å²) in [6.45, 7) is 2.22. The number of carboxylic acid groups (broad SMARTS) is 1. The van der Waals surface area contributed by atoms with Crippen LogP contribution in [0.15, 0.2) is 12.1 Å². The molecule has 0 bridgehead atoms. The van der Waals surface area contributed by atoms with E-state index in [9.17, 15) is 19.1 Å². The zero-order valence-electron chi connectivity index (χ0n) is 12.7. The molecule has 0 spiro atoms. The topological polar surface area (TPSA) is 69.6 Å². The van der Waals surface area contributed by atoms with Gasteiger partial charge in [-0.15, -0.1) is 0 Å². The Morgan fingerprint density at radius 2 is 2.22 bits per heavy atom. The quantitative estimate of drug-likeness (QED) is 0.865. The lowest BCUT2D eigenvalue weighted by Crippen LogP contribution is -2.38. The first-order chi connectivity index (χ1) is 10.8. The van der Waals surface area contributed by atoms with E-state index in [0.29, 0.717) is 24.2 Å². The molecule has 3 rings (SSSR count). The van der Waals surface area contributed by atoms with Crippen molar-refractivity contribution < 1.29 is 19.1 Å². The Kier molecular flexibility index (Phi) is 3.96. The number of halogens is 2. The van der Waals surface area contributed by atoms with Crippen molar-refractivity contribution in [3.05, 3.63) is 28.5 Å². The van der Waals surface area contributed by atoms with Crippen molar-refractivity contribution in [1.82, 2.24) is 4.90 Å². The van der Waals surface area contributed by atoms with E-state index in [2.05, 4.69) is 5.32 Å². The molecule has 7 heteroatoms. The van der Waals surface area contributed by atoms with Gasteiger partial charge >= 0.3 is 12.0 Å². The van der Waals surface area contributed by atoms with E-state index in [0.717, 1.165) is 18.9 Å². The van der Waals surface area contributed by atoms with Crippen molar-refractivity contribution in [2.45, 2.75) is 26.2 Å². The number of carbonyl (C=O) groups excluding carboxylic acids is 1. The average Bonchev–Trinajstić information content (AvgIpc) is 3.02. The number of hydrogen-bond donors (Lipinski definition) is 2. The molecule has 0 radical (unpaired) electrons. The van der Waals surface area contributed by atoms with E-state index in [1.54, 1.807) is 6.92 Å². The van der Waals surface area contributed by atoms with Crippen molar-refractivity contribution >= 4 is 29.3 Å². The van der Waals surface area contributed by atoms with Gasteiger partial charge in [-0.1, -0.05) is 18.0 Å². The SMILES string of the molecule is Cc1cc(NC(=O)N2C[C@@H]3CCC[C@@]3(C(=O)O)C2)c(Cl)cc1F. The molecule has 2 N–H and O–H groups in total. The fourth-order valence-electron chi connectivity index (χ4n) is 3.74. The van der Waals surface area contributed by atoms with Gasteiger partial charge < -0.3 is 15.3 Å². The van der Waals surface area contributed by atoms with Crippen LogP contribution in [-0.4, -0.2) is 35.1 Å². The number of amides is 2. The van der Waals surface area contributed by atoms with Crippen LogP contribution in [-0.2, 0) is 4.79 Å². The lowest BCUT2D eigenvalue weighted by atomic mass is 9.81. The van der Waals surface area contributed by atoms with E-state index in [1.807, 2.05) is 0 Å². The van der Waals surface area contributed by atoms with Crippen LogP contribution in [0.5, 0.6) is 0 Å². The second-order valence-electron chi connectivity index (χ2n) is 6.44. The van der Waals surface area contributed by atoms with Crippen LogP contribution >= 0.6 is 11.6 Å². The fraction of sp³-hybridized carbons (Fsp3) is 0.500. The lowest BCUT2D eigenvalue weighted by molar-refractivity contribution is -0.149. The van der Waals surface area contributed by atoms with Gasteiger partial charge in [0.25, 0.3) is 0 Å². The Morgan fingerprint density at radius 3 is 2.87 bits per heavy atom. The van der Waals surface area contributed by atoms with Crippen LogP contribution in [0, 0.1) is 24.1 Å². The van der Waals surface area contributed by atoms with Gasteiger partial charge in [-0.25, -0.2) is 9.18 Å². The maximum atomic E-state index is 13.4. The number of nitrogens with one attached hydrogen (secondary N) is 1. The van der Waals surface area contributed by atoms with Gasteiger partial charge in [0, 0.05) is 13.1 Å². The van der Waals surface area contributed by atoms with Gasteiger partial charge in [0.1, 0.15) is 5.82 Å². The summed E-state index contributed by atoms with van der Waals surface area (Å²) < 4.78 is 13.4. The van der Waals surface area contributed by atoms with E-state index in [4.69, 9.17) is 11.6 Å². The minimum absolute atomic E-state index is 0.00354. The molecule has 2 aliphatic rings. The number of likely N-dealkylation sites (tertiary alicyclic amines) is 1. The molecule has 1 aliphatic heterocycles. The van der Waals surface area contributed by atoms with Crippen molar-refractivity contribution in [3.63, 3.8) is 0 Å². The molecule has 1 aliphatic carbocycles. The second-order valence-corrected chi connectivity index (χ2v) is 6.85. The third-order valence-corrected chi connectivity index (χ3v) is 5.39. The number of aryl methyl sites for hydroxylation is 1. The molecule has 5 nitrogen and oxygen atoms in total. The summed E-state index contributed by atoms with van der Waals surface area (Å²) in [5.41, 5.74) is -0.109. The standard InChI is InChI=1S/C16H18ClFN2O3/c1-9-5-13(11(17)6-12(9)18)19-15(23)20-7-10-3-2-4-16(10,8-20)14(21)22/h5-6,10H,2-4,7-8H2,1H3,(H,19,23)(H,21,22)/t10-,16+/m0/s1. The Balaban J connectivity index is 1.76. The summed E-state index contributed by atoms with van der Waals surface area (Å²) in [5, 5.41) is 12.3. The minimum atomic E-state index is -0.828. The number of urea groups is 1. The molecule has 0 aromatic heterocycles. The Morgan fingerprint density at radius 1 is 1.48 bits per heavy atom. The average molecular weight is 341 g/mol. The van der Waals surface area contributed by atoms with Gasteiger partial charge in [0.15, 0.2) is 0 Å². The second kappa shape index (κ2) is 5.67. The van der Waals surface area contributed by atoms with Crippen LogP contribution in [0.3, 0.4) is 0 Å². The number of anilines is 1. The number of benzene rings is 1. The Bertz CT molecular complexity index is 682. The first-order valence-electron chi connectivity index (χ1n) is 7.58. The summed E-state index contributed by atoms with van der Waals surface area (Å²) in [4.78, 5) is 25.6. The van der Waals surface area contributed by atoms with E-state index >= 15 is 0 Å². The fourth-order valence-corrected chi connectivity index (χ4v) is 3.94. The van der Waals surface area contributed by atoms with Crippen molar-refractivity contribution in [2.75, 3.05) is 18.4 Å². The summed E-state index contributed by atoms with van der Waals surface area (Å²) in [6, 6.07) is 2.23. The molecule has 1 aromatic carbocycles. The molecule has 124 valence electrons. The molecular formula is C16H18ClFN2O3. The molecule has 23 heavy (non-hydrogen) atoms. The Hall–Kier alpha value is -1.82. The normalized spacial score (nSPS) is 26.2. The summed E-state index contributed by atoms with van der Waals surface area (Å²) in [6.07, 6.45) is 2.31. The highest BCUT2D eigenvalue weighted by molar-refractivity contribution is 6.33. The highest BCUT2D eigenvalue weighted by Gasteiger charge is 2.55. The molecule has 1 aromatic rings. The minimum Gasteiger partial charge on any atom is -0.481 e. The number of carbonyl (C=O) groups is 2. The highest BCUT2D eigenvalue weighted by Crippen LogP contribution is 2.49. The lowest BCUT2D eigenvalue weighted by Gasteiger charge is -2.23. The largest absolute Gasteiger partial charge is 0.481 e. The predicted octanol–water partition coefficient (Wildman–Crippen LogP) is 3.51. The molecule has 2 amide bonds. The third kappa shape index (κ3) is 2.65. The van der Waals surface area contributed by atoms with Crippen molar-refractivity contribution in [2.24, 2.45) is 11.3 Å². The van der Waals surface area contributed by atoms with Crippen LogP contribution in [0.25, 0.3) is 0 Å². The zero-order chi connectivity index (χ0) is 16.8. The number of aliphatic carboxylic acids is 1. The van der Waals surface area contributed by atoms with Crippen molar-refractivity contribution in [1.29, 1.82) is 0 Å². The van der Waals surface area contributed by atoms with E-state index in [1.165, 1.54) is 11.0 Å².